The fourth-order valence-electron chi connectivity index (χ4n) is 19.7. The number of hydrogen-bond acceptors (Lipinski definition) is 4. The predicted octanol–water partition coefficient (Wildman–Crippen LogP) is 31.7. The summed E-state index contributed by atoms with van der Waals surface area (Å²) in [6.45, 7) is 8.96. The van der Waals surface area contributed by atoms with Gasteiger partial charge in [-0.15, -0.1) is 0 Å². The van der Waals surface area contributed by atoms with Crippen molar-refractivity contribution in [2.75, 3.05) is 19.6 Å². The molecule has 119 heavy (non-hydrogen) atoms. The quantitative estimate of drug-likeness (QED) is 0.0749. The zero-order valence-electron chi connectivity index (χ0n) is 65.4. The summed E-state index contributed by atoms with van der Waals surface area (Å²) in [5.74, 6) is -2.26. The lowest BCUT2D eigenvalue weighted by Crippen LogP contribution is -2.17. The molecule has 0 spiro atoms. The molecule has 9 heteroatoms. The minimum atomic E-state index is -0.620. The van der Waals surface area contributed by atoms with E-state index in [2.05, 4.69) is 201 Å². The maximum atomic E-state index is 18.0. The van der Waals surface area contributed by atoms with Crippen molar-refractivity contribution in [3.63, 3.8) is 0 Å². The topological polar surface area (TPSA) is 13.0 Å². The van der Waals surface area contributed by atoms with E-state index < -0.39 is 28.7 Å². The lowest BCUT2D eigenvalue weighted by molar-refractivity contribution is 0.619. The van der Waals surface area contributed by atoms with Crippen LogP contribution in [0.25, 0.3) is 120 Å². The van der Waals surface area contributed by atoms with E-state index in [1.165, 1.54) is 35.4 Å². The molecule has 4 nitrogen and oxygen atoms in total. The van der Waals surface area contributed by atoms with Gasteiger partial charge in [-0.3, -0.25) is 0 Å². The first-order valence-corrected chi connectivity index (χ1v) is 40.3. The lowest BCUT2D eigenvalue weighted by Gasteiger charge is -2.31. The second-order valence-electron chi connectivity index (χ2n) is 32.4. The first kappa shape index (κ1) is 70.9. The molecule has 0 bridgehead atoms. The van der Waals surface area contributed by atoms with Gasteiger partial charge < -0.3 is 19.6 Å². The zero-order chi connectivity index (χ0) is 80.3. The molecule has 0 saturated heterocycles. The number of anilines is 12. The van der Waals surface area contributed by atoms with Gasteiger partial charge >= 0.3 is 0 Å². The zero-order valence-corrected chi connectivity index (χ0v) is 65.4. The second kappa shape index (κ2) is 27.2. The molecule has 2 aliphatic carbocycles. The predicted molar refractivity (Wildman–Crippen MR) is 484 cm³/mol. The fraction of sp³-hybridized carbons (Fsp3) is 0.0545. The molecule has 0 fully saturated rings. The van der Waals surface area contributed by atoms with E-state index in [1.807, 2.05) is 144 Å². The first-order valence-electron chi connectivity index (χ1n) is 40.3. The fourth-order valence-corrected chi connectivity index (χ4v) is 19.7. The summed E-state index contributed by atoms with van der Waals surface area (Å²) in [7, 11) is 0. The third kappa shape index (κ3) is 10.9. The number of para-hydroxylation sites is 4. The standard InChI is InChI=1S/C110H73F5N4/c1-109(2)83-31-15-14-30-76(83)106-84(109)32-22-40-99(106)117(96-37-19-16-34-87(96)111)93-59-49-70-44-55-80-94(60-50-71-43-54-79(93)103(70)104(71)80)118(97-38-20-17-35-88(97)112)100-41-23-33-85-107(100)77-52-46-72(63-86(77)110(85,3)4)73-47-57-90(114)101(65-73)119(98-39-21-18-36-89(98)113)95-61-51-69-42-53-78-92(58-48-68-45-56-81(95)105(69)102(68)78)116(75-28-12-7-13-29-75)108-82(67-26-10-6-11-27-67)62-74(64-91(108)115)66-24-8-5-9-25-66/h5-65H,1-4H3. The van der Waals surface area contributed by atoms with Gasteiger partial charge in [-0.05, 0) is 220 Å². The molecule has 20 aromatic rings. The van der Waals surface area contributed by atoms with E-state index in [9.17, 15) is 0 Å². The summed E-state index contributed by atoms with van der Waals surface area (Å²) < 4.78 is 87.4. The number of nitrogens with zero attached hydrogens (tertiary/aromatic N) is 4. The van der Waals surface area contributed by atoms with Crippen LogP contribution in [0.3, 0.4) is 0 Å². The van der Waals surface area contributed by atoms with Crippen LogP contribution in [0.1, 0.15) is 49.9 Å². The van der Waals surface area contributed by atoms with E-state index in [0.29, 0.717) is 33.9 Å². The summed E-state index contributed by atoms with van der Waals surface area (Å²) in [4.78, 5) is 7.91. The molecule has 0 amide bonds. The van der Waals surface area contributed by atoms with Gasteiger partial charge in [-0.1, -0.05) is 282 Å². The largest absolute Gasteiger partial charge is 0.307 e. The normalized spacial score (nSPS) is 13.1. The van der Waals surface area contributed by atoms with Crippen molar-refractivity contribution < 1.29 is 22.0 Å². The minimum Gasteiger partial charge on any atom is -0.307 e. The van der Waals surface area contributed by atoms with Crippen molar-refractivity contribution >= 4 is 133 Å². The first-order chi connectivity index (χ1) is 58.2. The summed E-state index contributed by atoms with van der Waals surface area (Å²) in [5.41, 5.74) is 19.0. The Labute approximate surface area is 685 Å². The molecule has 568 valence electrons. The molecule has 20 aromatic carbocycles. The Morgan fingerprint density at radius 3 is 1.05 bits per heavy atom. The Bertz CT molecular complexity index is 7530. The Morgan fingerprint density at radius 2 is 0.563 bits per heavy atom. The van der Waals surface area contributed by atoms with E-state index in [0.717, 1.165) is 154 Å². The van der Waals surface area contributed by atoms with Gasteiger partial charge in [0.1, 0.15) is 29.1 Å². The van der Waals surface area contributed by atoms with Crippen molar-refractivity contribution in [3.05, 3.63) is 421 Å². The summed E-state index contributed by atoms with van der Waals surface area (Å²) in [6.07, 6.45) is 0. The van der Waals surface area contributed by atoms with Crippen LogP contribution in [0.15, 0.2) is 370 Å². The summed E-state index contributed by atoms with van der Waals surface area (Å²) in [6, 6.07) is 120. The highest BCUT2D eigenvalue weighted by molar-refractivity contribution is 6.30. The van der Waals surface area contributed by atoms with Crippen LogP contribution in [0, 0.1) is 29.1 Å². The highest BCUT2D eigenvalue weighted by Crippen LogP contribution is 2.60. The molecule has 0 heterocycles. The lowest BCUT2D eigenvalue weighted by atomic mass is 9.81. The van der Waals surface area contributed by atoms with Gasteiger partial charge in [0.05, 0.1) is 62.6 Å². The van der Waals surface area contributed by atoms with Crippen molar-refractivity contribution in [2.45, 2.75) is 38.5 Å². The van der Waals surface area contributed by atoms with Crippen LogP contribution in [-0.2, 0) is 10.8 Å². The van der Waals surface area contributed by atoms with Gasteiger partial charge in [0.2, 0.25) is 0 Å². The van der Waals surface area contributed by atoms with Crippen molar-refractivity contribution in [3.8, 4) is 55.6 Å². The van der Waals surface area contributed by atoms with Crippen molar-refractivity contribution in [1.82, 2.24) is 0 Å². The number of rotatable bonds is 15. The molecule has 0 atom stereocenters. The molecule has 2 aliphatic rings. The number of halogens is 5. The third-order valence-electron chi connectivity index (χ3n) is 25.2. The third-order valence-corrected chi connectivity index (χ3v) is 25.2. The van der Waals surface area contributed by atoms with Crippen LogP contribution >= 0.6 is 0 Å². The van der Waals surface area contributed by atoms with E-state index in [4.69, 9.17) is 0 Å². The Kier molecular flexibility index (Phi) is 16.2. The van der Waals surface area contributed by atoms with Gasteiger partial charge in [-0.2, -0.15) is 0 Å². The molecule has 22 rings (SSSR count). The van der Waals surface area contributed by atoms with Crippen LogP contribution in [0.4, 0.5) is 90.2 Å². The van der Waals surface area contributed by atoms with E-state index in [1.54, 1.807) is 47.4 Å². The molecule has 0 unspecified atom stereocenters. The molecule has 0 saturated carbocycles. The molecule has 0 aliphatic heterocycles. The van der Waals surface area contributed by atoms with E-state index >= 15 is 22.0 Å². The molecule has 0 N–H and O–H groups in total. The minimum absolute atomic E-state index is 0.133. The monoisotopic (exact) mass is 1540 g/mol. The van der Waals surface area contributed by atoms with Crippen molar-refractivity contribution in [1.29, 1.82) is 0 Å². The number of fused-ring (bicyclic) bond motifs is 6. The van der Waals surface area contributed by atoms with Crippen molar-refractivity contribution in [2.24, 2.45) is 0 Å². The Morgan fingerprint density at radius 1 is 0.202 bits per heavy atom. The Balaban J connectivity index is 0.674. The van der Waals surface area contributed by atoms with E-state index in [-0.39, 0.29) is 22.6 Å². The maximum Gasteiger partial charge on any atom is 0.148 e. The summed E-state index contributed by atoms with van der Waals surface area (Å²) in [5, 5.41) is 11.0. The number of hydrogen-bond donors (Lipinski definition) is 0. The van der Waals surface area contributed by atoms with Gasteiger partial charge in [-0.25, -0.2) is 22.0 Å². The SMILES string of the molecule is CC1(C)c2ccccc2-c2c(N(c3ccccc3F)c3ccc4ccc5c(N(c6ccccc6F)c6cccc7c6-c6ccc(-c8ccc(F)c(N(c9ccccc9F)c9ccc%10ccc%11c(N(c%12ccccc%12)c%12c(F)cc(-c%13ccccc%13)cc%12-c%12ccccc%12)ccc%12ccc9c%10c%12%11)c8)cc6C7(C)C)ccc6ccc3c4c65)cccc21. The second-order valence-corrected chi connectivity index (χ2v) is 32.4. The average molecular weight is 1550 g/mol. The van der Waals surface area contributed by atoms with Crippen LogP contribution in [0.5, 0.6) is 0 Å². The Hall–Kier alpha value is -14.7. The van der Waals surface area contributed by atoms with Crippen LogP contribution in [-0.4, -0.2) is 0 Å². The number of benzene rings is 20. The maximum absolute atomic E-state index is 18.0. The molecule has 0 radical (unpaired) electrons. The van der Waals surface area contributed by atoms with Crippen LogP contribution < -0.4 is 19.6 Å². The average Bonchev–Trinajstić information content (AvgIpc) is 1.28. The molecule has 0 aromatic heterocycles. The van der Waals surface area contributed by atoms with Gasteiger partial charge in [0.25, 0.3) is 0 Å². The van der Waals surface area contributed by atoms with Gasteiger partial charge in [0, 0.05) is 54.8 Å². The highest BCUT2D eigenvalue weighted by atomic mass is 19.1. The molecular weight excluding hydrogens is 1470 g/mol. The highest BCUT2D eigenvalue weighted by Gasteiger charge is 2.41. The molecular formula is C110H73F5N4. The van der Waals surface area contributed by atoms with Gasteiger partial charge in [0.15, 0.2) is 0 Å². The van der Waals surface area contributed by atoms with Crippen LogP contribution in [0.2, 0.25) is 0 Å². The summed E-state index contributed by atoms with van der Waals surface area (Å²) >= 11 is 0. The smallest absolute Gasteiger partial charge is 0.148 e.